The highest BCUT2D eigenvalue weighted by Crippen LogP contribution is 2.07. The smallest absolute Gasteiger partial charge is 0.0627 e. The van der Waals surface area contributed by atoms with E-state index in [1.54, 1.807) is 6.08 Å². The second-order valence-electron chi connectivity index (χ2n) is 3.76. The van der Waals surface area contributed by atoms with Crippen molar-refractivity contribution in [2.75, 3.05) is 0 Å². The molecule has 1 unspecified atom stereocenters. The van der Waals surface area contributed by atoms with Crippen LogP contribution in [-0.4, -0.2) is 6.04 Å². The minimum Gasteiger partial charge on any atom is -0.361 e. The summed E-state index contributed by atoms with van der Waals surface area (Å²) in [6.45, 7) is 11.9. The molecular formula is C14H24N2. The van der Waals surface area contributed by atoms with Gasteiger partial charge < -0.3 is 11.1 Å². The summed E-state index contributed by atoms with van der Waals surface area (Å²) in [4.78, 5) is 0. The second-order valence-corrected chi connectivity index (χ2v) is 3.76. The first kappa shape index (κ1) is 14.7. The van der Waals surface area contributed by atoms with Gasteiger partial charge in [0.15, 0.2) is 0 Å². The molecule has 0 aromatic rings. The van der Waals surface area contributed by atoms with Gasteiger partial charge in [0.2, 0.25) is 0 Å². The van der Waals surface area contributed by atoms with Crippen LogP contribution in [0.5, 0.6) is 0 Å². The maximum atomic E-state index is 5.94. The molecule has 1 atom stereocenters. The lowest BCUT2D eigenvalue weighted by Gasteiger charge is -2.16. The fourth-order valence-corrected chi connectivity index (χ4v) is 1.31. The van der Waals surface area contributed by atoms with E-state index < -0.39 is 0 Å². The van der Waals surface area contributed by atoms with Gasteiger partial charge in [-0.3, -0.25) is 0 Å². The van der Waals surface area contributed by atoms with Crippen LogP contribution in [0, 0.1) is 0 Å². The van der Waals surface area contributed by atoms with E-state index in [4.69, 9.17) is 5.73 Å². The fourth-order valence-electron chi connectivity index (χ4n) is 1.31. The zero-order valence-corrected chi connectivity index (χ0v) is 10.9. The van der Waals surface area contributed by atoms with Gasteiger partial charge in [0.05, 0.1) is 6.04 Å². The molecule has 90 valence electrons. The van der Waals surface area contributed by atoms with Crippen molar-refractivity contribution < 1.29 is 0 Å². The van der Waals surface area contributed by atoms with E-state index in [9.17, 15) is 0 Å². The topological polar surface area (TPSA) is 38.0 Å². The maximum absolute atomic E-state index is 5.94. The van der Waals surface area contributed by atoms with Crippen LogP contribution in [0.2, 0.25) is 0 Å². The molecule has 0 saturated carbocycles. The zero-order valence-electron chi connectivity index (χ0n) is 10.9. The Labute approximate surface area is 99.6 Å². The van der Waals surface area contributed by atoms with E-state index in [2.05, 4.69) is 44.8 Å². The molecule has 0 fully saturated rings. The van der Waals surface area contributed by atoms with E-state index >= 15 is 0 Å². The molecule has 3 N–H and O–H groups in total. The van der Waals surface area contributed by atoms with Crippen molar-refractivity contribution in [3.8, 4) is 0 Å². The standard InChI is InChI=1S/C14H24N2/c1-6-9-11(4)12(5)16-14(10-7-2)13(15)8-3/h6,8-10,13,16H,3,7,15H2,1-2,4-5H3/b9-6-,12-11+,14-10-. The third-order valence-corrected chi connectivity index (χ3v) is 2.38. The van der Waals surface area contributed by atoms with Crippen molar-refractivity contribution in [2.45, 2.75) is 40.2 Å². The summed E-state index contributed by atoms with van der Waals surface area (Å²) >= 11 is 0. The number of nitrogens with two attached hydrogens (primary N) is 1. The molecule has 0 aliphatic rings. The predicted octanol–water partition coefficient (Wildman–Crippen LogP) is 3.25. The number of hydrogen-bond acceptors (Lipinski definition) is 2. The third-order valence-electron chi connectivity index (χ3n) is 2.38. The second kappa shape index (κ2) is 7.94. The molecule has 0 saturated heterocycles. The van der Waals surface area contributed by atoms with E-state index in [0.717, 1.165) is 17.8 Å². The van der Waals surface area contributed by atoms with E-state index in [1.165, 1.54) is 5.57 Å². The largest absolute Gasteiger partial charge is 0.361 e. The molecule has 0 amide bonds. The Kier molecular flexibility index (Phi) is 7.31. The average Bonchev–Trinajstić information content (AvgIpc) is 2.27. The Hall–Kier alpha value is -1.28. The van der Waals surface area contributed by atoms with Gasteiger partial charge in [0.25, 0.3) is 0 Å². The Bertz CT molecular complexity index is 309. The molecule has 0 radical (unpaired) electrons. The predicted molar refractivity (Wildman–Crippen MR) is 72.9 cm³/mol. The van der Waals surface area contributed by atoms with Crippen LogP contribution < -0.4 is 11.1 Å². The third kappa shape index (κ3) is 4.99. The quantitative estimate of drug-likeness (QED) is 0.532. The normalized spacial score (nSPS) is 15.9. The summed E-state index contributed by atoms with van der Waals surface area (Å²) in [6, 6.07) is -0.131. The summed E-state index contributed by atoms with van der Waals surface area (Å²) in [6.07, 6.45) is 8.90. The van der Waals surface area contributed by atoms with Crippen molar-refractivity contribution >= 4 is 0 Å². The highest BCUT2D eigenvalue weighted by molar-refractivity contribution is 5.26. The van der Waals surface area contributed by atoms with Crippen molar-refractivity contribution in [3.05, 3.63) is 47.9 Å². The summed E-state index contributed by atoms with van der Waals surface area (Å²) < 4.78 is 0. The lowest BCUT2D eigenvalue weighted by atomic mass is 10.1. The van der Waals surface area contributed by atoms with Gasteiger partial charge in [-0.15, -0.1) is 6.58 Å². The van der Waals surface area contributed by atoms with Gasteiger partial charge in [-0.2, -0.15) is 0 Å². The van der Waals surface area contributed by atoms with Crippen molar-refractivity contribution in [3.63, 3.8) is 0 Å². The van der Waals surface area contributed by atoms with Gasteiger partial charge in [0, 0.05) is 11.4 Å². The molecular weight excluding hydrogens is 196 g/mol. The van der Waals surface area contributed by atoms with Crippen molar-refractivity contribution in [1.29, 1.82) is 0 Å². The molecule has 0 aromatic carbocycles. The first-order valence-electron chi connectivity index (χ1n) is 5.72. The van der Waals surface area contributed by atoms with E-state index in [0.29, 0.717) is 0 Å². The molecule has 0 aromatic heterocycles. The van der Waals surface area contributed by atoms with Gasteiger partial charge in [-0.25, -0.2) is 0 Å². The number of rotatable bonds is 6. The molecule has 0 spiro atoms. The van der Waals surface area contributed by atoms with Crippen molar-refractivity contribution in [1.82, 2.24) is 5.32 Å². The maximum Gasteiger partial charge on any atom is 0.0627 e. The average molecular weight is 220 g/mol. The minimum atomic E-state index is -0.131. The lowest BCUT2D eigenvalue weighted by molar-refractivity contribution is 0.811. The van der Waals surface area contributed by atoms with Crippen LogP contribution in [0.15, 0.2) is 47.9 Å². The van der Waals surface area contributed by atoms with E-state index in [1.807, 2.05) is 13.0 Å². The zero-order chi connectivity index (χ0) is 12.6. The SMILES string of the molecule is C=CC(N)/C(=C/CC)N/C(C)=C(C)/C=C\C. The van der Waals surface area contributed by atoms with Crippen LogP contribution in [0.4, 0.5) is 0 Å². The Morgan fingerprint density at radius 3 is 2.50 bits per heavy atom. The Morgan fingerprint density at radius 1 is 1.44 bits per heavy atom. The lowest BCUT2D eigenvalue weighted by Crippen LogP contribution is -2.29. The molecule has 0 bridgehead atoms. The van der Waals surface area contributed by atoms with Crippen LogP contribution in [0.25, 0.3) is 0 Å². The van der Waals surface area contributed by atoms with Gasteiger partial charge >= 0.3 is 0 Å². The number of nitrogens with one attached hydrogen (secondary N) is 1. The highest BCUT2D eigenvalue weighted by Gasteiger charge is 2.05. The molecule has 0 rings (SSSR count). The molecule has 16 heavy (non-hydrogen) atoms. The van der Waals surface area contributed by atoms with Crippen LogP contribution in [-0.2, 0) is 0 Å². The molecule has 0 aliphatic heterocycles. The fraction of sp³-hybridized carbons (Fsp3) is 0.429. The Morgan fingerprint density at radius 2 is 2.06 bits per heavy atom. The Balaban J connectivity index is 4.84. The monoisotopic (exact) mass is 220 g/mol. The first-order chi connectivity index (χ1) is 7.56. The molecule has 2 heteroatoms. The molecule has 2 nitrogen and oxygen atoms in total. The van der Waals surface area contributed by atoms with Crippen LogP contribution in [0.1, 0.15) is 34.1 Å². The van der Waals surface area contributed by atoms with Gasteiger partial charge in [-0.1, -0.05) is 31.2 Å². The summed E-state index contributed by atoms with van der Waals surface area (Å²) in [7, 11) is 0. The van der Waals surface area contributed by atoms with Gasteiger partial charge in [-0.05, 0) is 32.8 Å². The van der Waals surface area contributed by atoms with Crippen LogP contribution in [0.3, 0.4) is 0 Å². The molecule has 0 heterocycles. The summed E-state index contributed by atoms with van der Waals surface area (Å²) in [5, 5.41) is 3.35. The van der Waals surface area contributed by atoms with Gasteiger partial charge in [0.1, 0.15) is 0 Å². The summed E-state index contributed by atoms with van der Waals surface area (Å²) in [5.74, 6) is 0. The summed E-state index contributed by atoms with van der Waals surface area (Å²) in [5.41, 5.74) is 9.28. The van der Waals surface area contributed by atoms with Crippen molar-refractivity contribution in [2.24, 2.45) is 5.73 Å². The van der Waals surface area contributed by atoms with E-state index in [-0.39, 0.29) is 6.04 Å². The highest BCUT2D eigenvalue weighted by atomic mass is 14.9. The minimum absolute atomic E-state index is 0.131. The first-order valence-corrected chi connectivity index (χ1v) is 5.72. The number of hydrogen-bond donors (Lipinski definition) is 2. The number of allylic oxidation sites excluding steroid dienone is 5. The van der Waals surface area contributed by atoms with Crippen LogP contribution >= 0.6 is 0 Å². The molecule has 0 aliphatic carbocycles.